The summed E-state index contributed by atoms with van der Waals surface area (Å²) in [5, 5.41) is 10.8. The van der Waals surface area contributed by atoms with Gasteiger partial charge in [-0.1, -0.05) is 60.7 Å². The van der Waals surface area contributed by atoms with Crippen LogP contribution in [0.2, 0.25) is 0 Å². The van der Waals surface area contributed by atoms with Crippen molar-refractivity contribution in [1.29, 1.82) is 0 Å². The Labute approximate surface area is 371 Å². The van der Waals surface area contributed by atoms with Gasteiger partial charge in [0.05, 0.1) is 59.4 Å². The lowest BCUT2D eigenvalue weighted by molar-refractivity contribution is -0.402. The topological polar surface area (TPSA) is 341 Å². The number of nitrogens with two attached hydrogens (primary N) is 3. The Bertz CT molecular complexity index is 2690. The first-order chi connectivity index (χ1) is 31.3. The number of nitrogens with zero attached hydrogens (tertiary/aromatic N) is 9. The highest BCUT2D eigenvalue weighted by Crippen LogP contribution is 2.50. The van der Waals surface area contributed by atoms with Gasteiger partial charge >= 0.3 is 21.1 Å². The minimum absolute atomic E-state index is 0.0158. The molecule has 25 nitrogen and oxygen atoms in total. The molecule has 5 aromatic heterocycles. The van der Waals surface area contributed by atoms with E-state index < -0.39 is 32.3 Å². The van der Waals surface area contributed by atoms with Crippen LogP contribution in [0.5, 0.6) is 11.8 Å². The van der Waals surface area contributed by atoms with Crippen molar-refractivity contribution < 1.29 is 55.9 Å². The van der Waals surface area contributed by atoms with E-state index >= 15 is 0 Å². The number of methoxy groups -OCH3 is 2. The zero-order valence-corrected chi connectivity index (χ0v) is 37.2. The number of aromatic nitrogens is 8. The fraction of sp³-hybridized carbons (Fsp3) is 0.316. The maximum atomic E-state index is 13.4. The van der Waals surface area contributed by atoms with E-state index in [9.17, 15) is 24.1 Å². The summed E-state index contributed by atoms with van der Waals surface area (Å²) in [6, 6.07) is 20.8. The van der Waals surface area contributed by atoms with Crippen LogP contribution < -0.4 is 26.7 Å². The molecule has 7 aromatic rings. The Hall–Kier alpha value is -6.40. The number of benzene rings is 2. The molecule has 0 bridgehead atoms. The van der Waals surface area contributed by atoms with Crippen LogP contribution in [0.25, 0.3) is 22.3 Å². The predicted octanol–water partition coefficient (Wildman–Crippen LogP) is 4.89. The van der Waals surface area contributed by atoms with E-state index in [4.69, 9.17) is 48.4 Å². The molecule has 5 heterocycles. The van der Waals surface area contributed by atoms with Crippen molar-refractivity contribution in [2.45, 2.75) is 32.9 Å². The Morgan fingerprint density at radius 1 is 0.692 bits per heavy atom. The number of ether oxygens (including phenoxy) is 4. The Kier molecular flexibility index (Phi) is 18.4. The summed E-state index contributed by atoms with van der Waals surface area (Å²) in [5.74, 6) is 0.317. The first-order valence-corrected chi connectivity index (χ1v) is 22.8. The lowest BCUT2D eigenvalue weighted by Gasteiger charge is -2.18. The van der Waals surface area contributed by atoms with Gasteiger partial charge in [0.2, 0.25) is 23.7 Å². The number of nitro groups is 1. The summed E-state index contributed by atoms with van der Waals surface area (Å²) in [4.78, 5) is 44.7. The monoisotopic (exact) mass is 942 g/mol. The average molecular weight is 943 g/mol. The molecule has 2 aromatic carbocycles. The minimum Gasteiger partial charge on any atom is -0.479 e. The summed E-state index contributed by atoms with van der Waals surface area (Å²) < 4.78 is 71.3. The van der Waals surface area contributed by atoms with Gasteiger partial charge in [0.1, 0.15) is 30.0 Å². The lowest BCUT2D eigenvalue weighted by Crippen LogP contribution is -2.10. The van der Waals surface area contributed by atoms with E-state index in [-0.39, 0.29) is 68.8 Å². The van der Waals surface area contributed by atoms with Crippen molar-refractivity contribution in [2.24, 2.45) is 5.73 Å². The van der Waals surface area contributed by atoms with Gasteiger partial charge in [-0.25, -0.2) is 9.97 Å². The van der Waals surface area contributed by atoms with E-state index in [0.29, 0.717) is 35.4 Å². The van der Waals surface area contributed by atoms with Crippen LogP contribution in [0.3, 0.4) is 0 Å². The molecule has 7 rings (SSSR count). The number of hydrogen-bond acceptors (Lipinski definition) is 21. The number of fused-ring (bicyclic) bond motifs is 2. The largest absolute Gasteiger partial charge is 0.479 e. The van der Waals surface area contributed by atoms with Gasteiger partial charge in [-0.15, -0.1) is 0 Å². The number of rotatable bonds is 22. The van der Waals surface area contributed by atoms with Crippen molar-refractivity contribution in [1.82, 2.24) is 39.0 Å². The maximum Gasteiger partial charge on any atom is 0.433 e. The van der Waals surface area contributed by atoms with Gasteiger partial charge in [-0.2, -0.15) is 19.9 Å². The molecular formula is C38H48N12O13P2. The molecule has 0 amide bonds. The maximum absolute atomic E-state index is 13.4. The molecule has 0 saturated carbocycles. The zero-order chi connectivity index (χ0) is 46.8. The van der Waals surface area contributed by atoms with Gasteiger partial charge in [0, 0.05) is 13.1 Å². The van der Waals surface area contributed by atoms with Gasteiger partial charge < -0.3 is 63.6 Å². The second-order valence-electron chi connectivity index (χ2n) is 13.0. The van der Waals surface area contributed by atoms with Crippen molar-refractivity contribution >= 4 is 55.3 Å². The minimum atomic E-state index is -3.85. The molecular weight excluding hydrogens is 894 g/mol. The third-order valence-electron chi connectivity index (χ3n) is 8.52. The van der Waals surface area contributed by atoms with Gasteiger partial charge in [0.15, 0.2) is 22.3 Å². The van der Waals surface area contributed by atoms with Gasteiger partial charge in [0.25, 0.3) is 0 Å². The summed E-state index contributed by atoms with van der Waals surface area (Å²) in [5.41, 5.74) is 19.4. The summed E-state index contributed by atoms with van der Waals surface area (Å²) >= 11 is 0. The Morgan fingerprint density at radius 2 is 1.17 bits per heavy atom. The predicted molar refractivity (Wildman–Crippen MR) is 234 cm³/mol. The number of furan rings is 1. The molecule has 27 heteroatoms. The lowest BCUT2D eigenvalue weighted by atomic mass is 10.2. The molecule has 2 unspecified atom stereocenters. The highest BCUT2D eigenvalue weighted by atomic mass is 31.2. The van der Waals surface area contributed by atoms with Crippen molar-refractivity contribution in [2.75, 3.05) is 58.6 Å². The van der Waals surface area contributed by atoms with E-state index in [0.717, 1.165) is 11.1 Å². The highest BCUT2D eigenvalue weighted by molar-refractivity contribution is 7.53. The van der Waals surface area contributed by atoms with E-state index in [2.05, 4.69) is 35.6 Å². The number of anilines is 2. The second kappa shape index (κ2) is 24.0. The first kappa shape index (κ1) is 49.6. The third kappa shape index (κ3) is 14.6. The van der Waals surface area contributed by atoms with Crippen LogP contribution in [0.4, 0.5) is 17.8 Å². The Morgan fingerprint density at radius 3 is 1.65 bits per heavy atom. The fourth-order valence-corrected chi connectivity index (χ4v) is 7.54. The van der Waals surface area contributed by atoms with E-state index in [1.807, 2.05) is 60.7 Å². The van der Waals surface area contributed by atoms with Crippen LogP contribution in [0.1, 0.15) is 16.9 Å². The molecule has 7 N–H and O–H groups in total. The molecule has 65 heavy (non-hydrogen) atoms. The van der Waals surface area contributed by atoms with Crippen LogP contribution in [0, 0.1) is 10.1 Å². The average Bonchev–Trinajstić information content (AvgIpc) is 4.08. The van der Waals surface area contributed by atoms with Gasteiger partial charge in [-0.3, -0.25) is 23.8 Å². The highest BCUT2D eigenvalue weighted by Gasteiger charge is 2.27. The molecule has 348 valence electrons. The zero-order valence-electron chi connectivity index (χ0n) is 35.4. The quantitative estimate of drug-likeness (QED) is 0.0304. The number of nitrogen functional groups attached to an aromatic ring is 2. The normalized spacial score (nSPS) is 12.9. The second-order valence-corrected chi connectivity index (χ2v) is 16.8. The first-order valence-electron chi connectivity index (χ1n) is 19.3. The molecule has 0 fully saturated rings. The number of hydrogen-bond donors (Lipinski definition) is 4. The van der Waals surface area contributed by atoms with Crippen LogP contribution in [-0.4, -0.2) is 96.0 Å². The third-order valence-corrected chi connectivity index (χ3v) is 11.1. The fourth-order valence-electron chi connectivity index (χ4n) is 5.51. The molecule has 0 aliphatic carbocycles. The number of imidazole rings is 2. The van der Waals surface area contributed by atoms with Crippen LogP contribution in [0.15, 0.2) is 89.9 Å². The summed E-state index contributed by atoms with van der Waals surface area (Å²) in [6.07, 6.45) is 2.31. The van der Waals surface area contributed by atoms with Crippen molar-refractivity contribution in [3.63, 3.8) is 0 Å². The van der Waals surface area contributed by atoms with E-state index in [1.165, 1.54) is 39.7 Å². The molecule has 2 atom stereocenters. The van der Waals surface area contributed by atoms with Crippen molar-refractivity contribution in [3.05, 3.63) is 112 Å². The van der Waals surface area contributed by atoms with Crippen LogP contribution in [-0.2, 0) is 65.1 Å². The molecule has 0 radical (unpaired) electrons. The molecule has 0 aliphatic rings. The van der Waals surface area contributed by atoms with E-state index in [1.54, 1.807) is 15.5 Å². The SMILES string of the molecule is CN.COc1nc(N)nc2c1ncn2CCOCP(=O)(O)OCc1ccccc1.COc1nc(N)nc2c1ncn2CCOCP(=O)(OCc1ccccc1)OCc1ccc([N+](=O)[O-])o1. The van der Waals surface area contributed by atoms with Crippen molar-refractivity contribution in [3.8, 4) is 11.8 Å². The molecule has 0 spiro atoms. The Balaban J connectivity index is 0.000000244. The van der Waals surface area contributed by atoms with Crippen LogP contribution >= 0.6 is 15.2 Å². The smallest absolute Gasteiger partial charge is 0.433 e. The summed E-state index contributed by atoms with van der Waals surface area (Å²) in [7, 11) is -3.20. The van der Waals surface area contributed by atoms with Gasteiger partial charge in [-0.05, 0) is 24.2 Å². The molecule has 0 saturated heterocycles. The standard InChI is InChI=1S/C21H23N6O8P.C16H20N5O5P.CH5N/c1-31-20-18-19(24-21(22)25-20)26(13-23-18)9-10-32-14-36(30,33-11-15-5-3-2-4-6-15)34-12-16-7-8-17(35-16)27(28)29;1-24-15-13-14(19-16(17)20-15)21(10-18-13)7-8-25-11-27(22,23)26-9-12-5-3-2-4-6-12;1-2/h2-8,13H,9-12,14H2,1H3,(H2,22,24,25);2-6,10H,7-9,11H2,1H3,(H,22,23)(H2,17,19,20);2H2,1H3. The molecule has 0 aliphatic heterocycles. The summed E-state index contributed by atoms with van der Waals surface area (Å²) in [6.45, 7) is 0.699.